The van der Waals surface area contributed by atoms with Crippen molar-refractivity contribution in [2.24, 2.45) is 0 Å². The maximum atomic E-state index is 14.7. The molecule has 1 saturated heterocycles. The van der Waals surface area contributed by atoms with Crippen LogP contribution in [0.1, 0.15) is 13.2 Å². The van der Waals surface area contributed by atoms with Gasteiger partial charge in [-0.25, -0.2) is 19.3 Å². The van der Waals surface area contributed by atoms with Gasteiger partial charge >= 0.3 is 8.25 Å². The van der Waals surface area contributed by atoms with Crippen LogP contribution in [0.5, 0.6) is 0 Å². The predicted molar refractivity (Wildman–Crippen MR) is 80.2 cm³/mol. The van der Waals surface area contributed by atoms with E-state index in [1.54, 1.807) is 0 Å². The largest absolute Gasteiger partial charge is 0.695 e. The number of fused-ring (bicyclic) bond motifs is 1. The lowest BCUT2D eigenvalue weighted by Gasteiger charge is -2.14. The Morgan fingerprint density at radius 1 is 1.52 bits per heavy atom. The highest BCUT2D eigenvalue weighted by atomic mass is 31.1. The Labute approximate surface area is 140 Å². The van der Waals surface area contributed by atoms with Crippen LogP contribution in [-0.4, -0.2) is 60.4 Å². The van der Waals surface area contributed by atoms with Crippen molar-refractivity contribution >= 4 is 31.1 Å². The first-order valence-corrected chi connectivity index (χ1v) is 8.23. The number of carbonyl (C=O) groups excluding carboxylic acids is 1. The van der Waals surface area contributed by atoms with Crippen LogP contribution >= 0.6 is 8.25 Å². The number of aromatic nitrogens is 4. The maximum absolute atomic E-state index is 14.7. The van der Waals surface area contributed by atoms with Gasteiger partial charge in [0.25, 0.3) is 0 Å². The van der Waals surface area contributed by atoms with Crippen LogP contribution in [0, 0.1) is 0 Å². The lowest BCUT2D eigenvalue weighted by atomic mass is 10.1. The van der Waals surface area contributed by atoms with Gasteiger partial charge in [-0.1, -0.05) is 0 Å². The number of alkyl halides is 1. The number of amides is 1. The number of halogens is 1. The average Bonchev–Trinajstić information content (AvgIpc) is 3.09. The van der Waals surface area contributed by atoms with Crippen LogP contribution in [0.25, 0.3) is 11.2 Å². The van der Waals surface area contributed by atoms with Gasteiger partial charge in [-0.2, -0.15) is 0 Å². The monoisotopic (exact) mass is 374 g/mol. The number of nitrogens with one attached hydrogen (secondary N) is 1. The molecule has 2 aromatic heterocycles. The molecule has 0 aromatic carbocycles. The first-order valence-electron chi connectivity index (χ1n) is 7.10. The predicted octanol–water partition coefficient (Wildman–Crippen LogP) is 0.0474. The molecule has 1 unspecified atom stereocenters. The van der Waals surface area contributed by atoms with Gasteiger partial charge in [-0.15, -0.1) is 9.42 Å². The minimum absolute atomic E-state index is 0.148. The first kappa shape index (κ1) is 17.7. The molecule has 0 spiro atoms. The fraction of sp³-hybridized carbons (Fsp3) is 0.500. The van der Waals surface area contributed by atoms with E-state index in [1.807, 2.05) is 0 Å². The summed E-state index contributed by atoms with van der Waals surface area (Å²) < 4.78 is 36.8. The van der Waals surface area contributed by atoms with Crippen LogP contribution < -0.4 is 5.32 Å². The SMILES string of the molecule is CC(=O)Nc1ncnc2c1ncn2[C@@H]1O[C@H](CO)[C@@H](O[P+](=O)O)[C@H]1F. The number of ether oxygens (including phenoxy) is 1. The van der Waals surface area contributed by atoms with Crippen molar-refractivity contribution in [2.75, 3.05) is 11.9 Å². The van der Waals surface area contributed by atoms with Crippen molar-refractivity contribution in [1.82, 2.24) is 19.5 Å². The lowest BCUT2D eigenvalue weighted by Crippen LogP contribution is -2.32. The van der Waals surface area contributed by atoms with E-state index >= 15 is 0 Å². The summed E-state index contributed by atoms with van der Waals surface area (Å²) in [4.78, 5) is 32.0. The zero-order valence-corrected chi connectivity index (χ0v) is 13.7. The third-order valence-electron chi connectivity index (χ3n) is 3.59. The molecule has 3 rings (SSSR count). The van der Waals surface area contributed by atoms with Crippen molar-refractivity contribution in [3.63, 3.8) is 0 Å². The van der Waals surface area contributed by atoms with Crippen LogP contribution in [0.15, 0.2) is 12.7 Å². The summed E-state index contributed by atoms with van der Waals surface area (Å²) in [5, 5.41) is 11.8. The molecule has 1 aliphatic rings. The molecule has 13 heteroatoms. The standard InChI is InChI=1S/C12H13FN5O6P/c1-5(20)17-10-8-11(15-3-14-10)18(4-16-8)12-7(13)9(24-25(21)22)6(2-19)23-12/h3-4,6-7,9,12,19H,2H2,1H3,(H-,14,15,17,20,21,22)/p+1/t6-,7-,9-,12-/m1/s1. The number of imidazole rings is 1. The summed E-state index contributed by atoms with van der Waals surface area (Å²) >= 11 is 0. The van der Waals surface area contributed by atoms with Gasteiger partial charge < -0.3 is 15.2 Å². The van der Waals surface area contributed by atoms with Crippen LogP contribution in [0.4, 0.5) is 10.2 Å². The molecular formula is C12H14FN5O6P+. The van der Waals surface area contributed by atoms with Crippen molar-refractivity contribution in [3.8, 4) is 0 Å². The van der Waals surface area contributed by atoms with Crippen LogP contribution in [-0.2, 0) is 18.6 Å². The van der Waals surface area contributed by atoms with Gasteiger partial charge in [-0.3, -0.25) is 9.36 Å². The van der Waals surface area contributed by atoms with Gasteiger partial charge in [0.05, 0.1) is 12.9 Å². The van der Waals surface area contributed by atoms with E-state index in [0.29, 0.717) is 0 Å². The fourth-order valence-corrected chi connectivity index (χ4v) is 3.05. The molecule has 3 heterocycles. The van der Waals surface area contributed by atoms with Crippen molar-refractivity contribution in [1.29, 1.82) is 0 Å². The lowest BCUT2D eigenvalue weighted by molar-refractivity contribution is -0.114. The number of carbonyl (C=O) groups is 1. The average molecular weight is 374 g/mol. The summed E-state index contributed by atoms with van der Waals surface area (Å²) in [7, 11) is -3.08. The van der Waals surface area contributed by atoms with Crippen LogP contribution in [0.2, 0.25) is 0 Å². The van der Waals surface area contributed by atoms with Crippen molar-refractivity contribution in [3.05, 3.63) is 12.7 Å². The topological polar surface area (TPSA) is 149 Å². The molecule has 11 nitrogen and oxygen atoms in total. The highest BCUT2D eigenvalue weighted by Gasteiger charge is 2.51. The summed E-state index contributed by atoms with van der Waals surface area (Å²) in [6.45, 7) is 0.690. The molecule has 1 aliphatic heterocycles. The highest BCUT2D eigenvalue weighted by molar-refractivity contribution is 7.32. The molecule has 3 N–H and O–H groups in total. The number of nitrogens with zero attached hydrogens (tertiary/aromatic N) is 4. The second kappa shape index (κ2) is 7.02. The Bertz CT molecular complexity index is 818. The van der Waals surface area contributed by atoms with E-state index in [1.165, 1.54) is 17.8 Å². The van der Waals surface area contributed by atoms with E-state index in [0.717, 1.165) is 6.33 Å². The number of anilines is 1. The summed E-state index contributed by atoms with van der Waals surface area (Å²) in [6.07, 6.45) is -3.33. The zero-order chi connectivity index (χ0) is 18.1. The Hall–Kier alpha value is -2.11. The summed E-state index contributed by atoms with van der Waals surface area (Å²) in [5.41, 5.74) is 0.392. The molecule has 1 fully saturated rings. The minimum Gasteiger partial charge on any atom is -0.394 e. The molecule has 0 bridgehead atoms. The Kier molecular flexibility index (Phi) is 4.97. The smallest absolute Gasteiger partial charge is 0.394 e. The van der Waals surface area contributed by atoms with Crippen molar-refractivity contribution < 1.29 is 33.0 Å². The van der Waals surface area contributed by atoms with E-state index in [9.17, 15) is 18.9 Å². The number of aliphatic hydroxyl groups excluding tert-OH is 1. The zero-order valence-electron chi connectivity index (χ0n) is 12.8. The van der Waals surface area contributed by atoms with Crippen LogP contribution in [0.3, 0.4) is 0 Å². The molecule has 2 aromatic rings. The second-order valence-corrected chi connectivity index (χ2v) is 5.91. The van der Waals surface area contributed by atoms with E-state index in [4.69, 9.17) is 9.63 Å². The number of aliphatic hydroxyl groups is 1. The highest BCUT2D eigenvalue weighted by Crippen LogP contribution is 2.38. The number of hydrogen-bond acceptors (Lipinski definition) is 8. The third kappa shape index (κ3) is 3.34. The van der Waals surface area contributed by atoms with E-state index in [2.05, 4.69) is 24.8 Å². The molecule has 0 aliphatic carbocycles. The number of rotatable bonds is 5. The van der Waals surface area contributed by atoms with Gasteiger partial charge in [0.15, 0.2) is 35.5 Å². The van der Waals surface area contributed by atoms with Gasteiger partial charge in [0.1, 0.15) is 12.4 Å². The third-order valence-corrected chi connectivity index (χ3v) is 4.01. The van der Waals surface area contributed by atoms with E-state index in [-0.39, 0.29) is 22.9 Å². The van der Waals surface area contributed by atoms with Gasteiger partial charge in [0.2, 0.25) is 5.91 Å². The second-order valence-electron chi connectivity index (χ2n) is 5.23. The summed E-state index contributed by atoms with van der Waals surface area (Å²) in [6, 6.07) is 0. The molecule has 25 heavy (non-hydrogen) atoms. The Morgan fingerprint density at radius 2 is 2.28 bits per heavy atom. The Morgan fingerprint density at radius 3 is 2.92 bits per heavy atom. The van der Waals surface area contributed by atoms with E-state index < -0.39 is 39.5 Å². The number of hydrogen-bond donors (Lipinski definition) is 3. The molecule has 5 atom stereocenters. The first-order chi connectivity index (χ1) is 11.9. The molecule has 0 saturated carbocycles. The Balaban J connectivity index is 1.96. The van der Waals surface area contributed by atoms with Crippen molar-refractivity contribution in [2.45, 2.75) is 31.5 Å². The fourth-order valence-electron chi connectivity index (χ4n) is 2.59. The minimum atomic E-state index is -3.08. The molecular weight excluding hydrogens is 360 g/mol. The maximum Gasteiger partial charge on any atom is 0.695 e. The molecule has 134 valence electrons. The normalized spacial score (nSPS) is 26.8. The van der Waals surface area contributed by atoms with Gasteiger partial charge in [0, 0.05) is 11.5 Å². The van der Waals surface area contributed by atoms with Gasteiger partial charge in [-0.05, 0) is 0 Å². The summed E-state index contributed by atoms with van der Waals surface area (Å²) in [5.74, 6) is -0.217. The quantitative estimate of drug-likeness (QED) is 0.617. The molecule has 1 amide bonds. The molecule has 0 radical (unpaired) electrons.